The fourth-order valence-electron chi connectivity index (χ4n) is 3.15. The number of ether oxygens (including phenoxy) is 1. The fourth-order valence-corrected chi connectivity index (χ4v) is 4.87. The molecule has 0 saturated carbocycles. The molecule has 0 bridgehead atoms. The number of sulfonamides is 1. The number of nitrogens with zero attached hydrogens (tertiary/aromatic N) is 3. The van der Waals surface area contributed by atoms with Crippen LogP contribution in [-0.4, -0.2) is 59.4 Å². The van der Waals surface area contributed by atoms with E-state index in [9.17, 15) is 18.3 Å². The third kappa shape index (κ3) is 2.94. The quantitative estimate of drug-likeness (QED) is 0.823. The number of carbonyl (C=O) groups is 1. The van der Waals surface area contributed by atoms with Gasteiger partial charge >= 0.3 is 5.97 Å². The van der Waals surface area contributed by atoms with Crippen LogP contribution in [0.4, 0.5) is 0 Å². The normalized spacial score (nSPS) is 21.5. The second-order valence-electron chi connectivity index (χ2n) is 5.91. The second-order valence-corrected chi connectivity index (χ2v) is 7.77. The van der Waals surface area contributed by atoms with Crippen LogP contribution in [0.25, 0.3) is 5.69 Å². The number of carboxylic acid groups (broad SMARTS) is 1. The summed E-state index contributed by atoms with van der Waals surface area (Å²) in [5.74, 6) is -1.20. The van der Waals surface area contributed by atoms with Gasteiger partial charge in [-0.1, -0.05) is 18.2 Å². The van der Waals surface area contributed by atoms with E-state index in [0.29, 0.717) is 12.1 Å². The van der Waals surface area contributed by atoms with Gasteiger partial charge in [0, 0.05) is 13.7 Å². The molecular formula is C16H19N3O5S. The lowest BCUT2D eigenvalue weighted by Crippen LogP contribution is -2.55. The Balaban J connectivity index is 1.99. The summed E-state index contributed by atoms with van der Waals surface area (Å²) in [6.45, 7) is -0.0666. The van der Waals surface area contributed by atoms with Gasteiger partial charge in [0.1, 0.15) is 4.90 Å². The molecule has 1 aliphatic heterocycles. The third-order valence-electron chi connectivity index (χ3n) is 4.38. The van der Waals surface area contributed by atoms with E-state index in [4.69, 9.17) is 4.74 Å². The number of hydrogen-bond acceptors (Lipinski definition) is 5. The van der Waals surface area contributed by atoms with Gasteiger partial charge in [-0.15, -0.1) is 0 Å². The molecule has 0 amide bonds. The van der Waals surface area contributed by atoms with Crippen LogP contribution < -0.4 is 0 Å². The van der Waals surface area contributed by atoms with E-state index >= 15 is 0 Å². The molecule has 3 rings (SSSR count). The molecule has 0 aliphatic carbocycles. The van der Waals surface area contributed by atoms with Crippen molar-refractivity contribution in [1.29, 1.82) is 0 Å². The van der Waals surface area contributed by atoms with E-state index in [1.165, 1.54) is 24.2 Å². The molecule has 2 aromatic rings. The topological polar surface area (TPSA) is 102 Å². The van der Waals surface area contributed by atoms with E-state index in [0.717, 1.165) is 4.31 Å². The van der Waals surface area contributed by atoms with Gasteiger partial charge in [-0.05, 0) is 25.0 Å². The minimum atomic E-state index is -4.01. The number of para-hydroxylation sites is 1. The molecule has 1 fully saturated rings. The molecule has 8 nitrogen and oxygen atoms in total. The predicted molar refractivity (Wildman–Crippen MR) is 88.9 cm³/mol. The predicted octanol–water partition coefficient (Wildman–Crippen LogP) is 1.13. The van der Waals surface area contributed by atoms with E-state index in [1.807, 2.05) is 18.2 Å². The van der Waals surface area contributed by atoms with Gasteiger partial charge in [0.2, 0.25) is 10.0 Å². The van der Waals surface area contributed by atoms with Crippen LogP contribution in [0.3, 0.4) is 0 Å². The molecule has 1 N–H and O–H groups in total. The van der Waals surface area contributed by atoms with Gasteiger partial charge in [-0.3, -0.25) is 4.79 Å². The maximum atomic E-state index is 13.0. The molecule has 1 aliphatic rings. The Morgan fingerprint density at radius 3 is 2.72 bits per heavy atom. The first kappa shape index (κ1) is 17.6. The van der Waals surface area contributed by atoms with Crippen molar-refractivity contribution < 1.29 is 23.1 Å². The maximum Gasteiger partial charge on any atom is 0.327 e. The summed E-state index contributed by atoms with van der Waals surface area (Å²) in [6, 6.07) is 9.08. The average molecular weight is 365 g/mol. The van der Waals surface area contributed by atoms with Crippen molar-refractivity contribution in [2.24, 2.45) is 0 Å². The van der Waals surface area contributed by atoms with Crippen LogP contribution in [0.15, 0.2) is 47.6 Å². The van der Waals surface area contributed by atoms with Crippen LogP contribution in [0.2, 0.25) is 0 Å². The smallest absolute Gasteiger partial charge is 0.327 e. The summed E-state index contributed by atoms with van der Waals surface area (Å²) in [4.78, 5) is 11.8. The third-order valence-corrected chi connectivity index (χ3v) is 6.30. The number of rotatable bonds is 6. The Morgan fingerprint density at radius 1 is 1.36 bits per heavy atom. The largest absolute Gasteiger partial charge is 0.480 e. The van der Waals surface area contributed by atoms with Crippen LogP contribution in [-0.2, 0) is 19.6 Å². The summed E-state index contributed by atoms with van der Waals surface area (Å²) in [5, 5.41) is 13.7. The lowest BCUT2D eigenvalue weighted by molar-refractivity contribution is -0.150. The van der Waals surface area contributed by atoms with Crippen molar-refractivity contribution in [1.82, 2.24) is 14.1 Å². The Morgan fingerprint density at radius 2 is 2.08 bits per heavy atom. The molecule has 1 atom stereocenters. The average Bonchev–Trinajstić information content (AvgIpc) is 3.24. The SMILES string of the molecule is COCC1(C(=O)O)CCCN1S(=O)(=O)c1cnn(-c2ccccc2)c1. The fraction of sp³-hybridized carbons (Fsp3) is 0.375. The molecule has 134 valence electrons. The molecular weight excluding hydrogens is 346 g/mol. The zero-order valence-electron chi connectivity index (χ0n) is 13.7. The lowest BCUT2D eigenvalue weighted by Gasteiger charge is -2.32. The Hall–Kier alpha value is -2.23. The lowest BCUT2D eigenvalue weighted by atomic mass is 9.99. The molecule has 9 heteroatoms. The first-order valence-corrected chi connectivity index (χ1v) is 9.21. The number of methoxy groups -OCH3 is 1. The monoisotopic (exact) mass is 365 g/mol. The molecule has 1 aromatic carbocycles. The molecule has 1 unspecified atom stereocenters. The molecule has 0 radical (unpaired) electrons. The van der Waals surface area contributed by atoms with Crippen LogP contribution >= 0.6 is 0 Å². The van der Waals surface area contributed by atoms with Gasteiger partial charge < -0.3 is 9.84 Å². The molecule has 25 heavy (non-hydrogen) atoms. The number of aromatic nitrogens is 2. The minimum absolute atomic E-state index is 0.0417. The van der Waals surface area contributed by atoms with Crippen molar-refractivity contribution >= 4 is 16.0 Å². The van der Waals surface area contributed by atoms with Gasteiger partial charge in [0.05, 0.1) is 24.7 Å². The zero-order valence-corrected chi connectivity index (χ0v) is 14.5. The highest BCUT2D eigenvalue weighted by molar-refractivity contribution is 7.89. The number of carboxylic acids is 1. The summed E-state index contributed by atoms with van der Waals surface area (Å²) in [7, 11) is -2.65. The number of aliphatic carboxylic acids is 1. The summed E-state index contributed by atoms with van der Waals surface area (Å²) < 4.78 is 33.5. The number of hydrogen-bond donors (Lipinski definition) is 1. The minimum Gasteiger partial charge on any atom is -0.480 e. The van der Waals surface area contributed by atoms with Crippen molar-refractivity contribution in [3.8, 4) is 5.69 Å². The van der Waals surface area contributed by atoms with Crippen LogP contribution in [0, 0.1) is 0 Å². The van der Waals surface area contributed by atoms with E-state index in [1.54, 1.807) is 12.1 Å². The maximum absolute atomic E-state index is 13.0. The van der Waals surface area contributed by atoms with Gasteiger partial charge in [-0.2, -0.15) is 9.40 Å². The highest BCUT2D eigenvalue weighted by Gasteiger charge is 2.53. The van der Waals surface area contributed by atoms with Gasteiger partial charge in [0.25, 0.3) is 0 Å². The first-order chi connectivity index (χ1) is 11.9. The zero-order chi connectivity index (χ0) is 18.1. The molecule has 0 spiro atoms. The highest BCUT2D eigenvalue weighted by Crippen LogP contribution is 2.35. The van der Waals surface area contributed by atoms with E-state index in [2.05, 4.69) is 5.10 Å². The first-order valence-electron chi connectivity index (χ1n) is 7.77. The van der Waals surface area contributed by atoms with Gasteiger partial charge in [0.15, 0.2) is 5.54 Å². The number of benzene rings is 1. The Bertz CT molecular complexity index is 865. The van der Waals surface area contributed by atoms with Crippen LogP contribution in [0.5, 0.6) is 0 Å². The molecule has 1 saturated heterocycles. The van der Waals surface area contributed by atoms with Gasteiger partial charge in [-0.25, -0.2) is 13.1 Å². The van der Waals surface area contributed by atoms with Crippen molar-refractivity contribution in [3.63, 3.8) is 0 Å². The molecule has 2 heterocycles. The summed E-state index contributed by atoms with van der Waals surface area (Å²) in [6.07, 6.45) is 3.30. The van der Waals surface area contributed by atoms with E-state index in [-0.39, 0.29) is 24.5 Å². The highest BCUT2D eigenvalue weighted by atomic mass is 32.2. The Labute approximate surface area is 145 Å². The molecule has 1 aromatic heterocycles. The van der Waals surface area contributed by atoms with Crippen molar-refractivity contribution in [2.45, 2.75) is 23.3 Å². The van der Waals surface area contributed by atoms with Crippen molar-refractivity contribution in [3.05, 3.63) is 42.7 Å². The second kappa shape index (κ2) is 6.58. The van der Waals surface area contributed by atoms with E-state index < -0.39 is 21.5 Å². The Kier molecular flexibility index (Phi) is 4.63. The van der Waals surface area contributed by atoms with Crippen LogP contribution in [0.1, 0.15) is 12.8 Å². The summed E-state index contributed by atoms with van der Waals surface area (Å²) >= 11 is 0. The summed E-state index contributed by atoms with van der Waals surface area (Å²) in [5.41, 5.74) is -0.866. The van der Waals surface area contributed by atoms with Crippen molar-refractivity contribution in [2.75, 3.05) is 20.3 Å². The standard InChI is InChI=1S/C16H19N3O5S/c1-24-12-16(15(20)21)8-5-9-19(16)25(22,23)14-10-17-18(11-14)13-6-3-2-4-7-13/h2-4,6-7,10-11H,5,8-9,12H2,1H3,(H,20,21).